The van der Waals surface area contributed by atoms with Crippen molar-refractivity contribution in [3.63, 3.8) is 0 Å². The second-order valence-electron chi connectivity index (χ2n) is 7.45. The van der Waals surface area contributed by atoms with Gasteiger partial charge in [-0.25, -0.2) is 0 Å². The third-order valence-electron chi connectivity index (χ3n) is 5.30. The van der Waals surface area contributed by atoms with Gasteiger partial charge in [0.15, 0.2) is 0 Å². The number of rotatable bonds is 6. The van der Waals surface area contributed by atoms with Crippen LogP contribution in [0.25, 0.3) is 0 Å². The van der Waals surface area contributed by atoms with Gasteiger partial charge in [0.05, 0.1) is 6.54 Å². The number of piperidine rings is 1. The average molecular weight is 355 g/mol. The van der Waals surface area contributed by atoms with E-state index in [-0.39, 0.29) is 0 Å². The quantitative estimate of drug-likeness (QED) is 0.846. The first-order valence-corrected chi connectivity index (χ1v) is 9.27. The first-order valence-electron chi connectivity index (χ1n) is 9.27. The summed E-state index contributed by atoms with van der Waals surface area (Å²) >= 11 is 0. The Kier molecular flexibility index (Phi) is 6.36. The van der Waals surface area contributed by atoms with Crippen molar-refractivity contribution in [3.8, 4) is 0 Å². The summed E-state index contributed by atoms with van der Waals surface area (Å²) in [6.45, 7) is 4.39. The maximum absolute atomic E-state index is 12.4. The van der Waals surface area contributed by atoms with Gasteiger partial charge in [0.2, 0.25) is 0 Å². The number of halogens is 3. The minimum atomic E-state index is -4.08. The summed E-state index contributed by atoms with van der Waals surface area (Å²) < 4.78 is 37.3. The van der Waals surface area contributed by atoms with Crippen LogP contribution in [0.15, 0.2) is 30.3 Å². The molecule has 2 aliphatic heterocycles. The van der Waals surface area contributed by atoms with Crippen molar-refractivity contribution in [1.82, 2.24) is 15.1 Å². The Morgan fingerprint density at radius 2 is 1.64 bits per heavy atom. The van der Waals surface area contributed by atoms with Crippen molar-refractivity contribution in [2.75, 3.05) is 39.3 Å². The molecule has 2 aliphatic rings. The molecule has 3 rings (SSSR count). The molecular weight excluding hydrogens is 327 g/mol. The lowest BCUT2D eigenvalue weighted by molar-refractivity contribution is -0.143. The Bertz CT molecular complexity index is 512. The lowest BCUT2D eigenvalue weighted by atomic mass is 10.0. The van der Waals surface area contributed by atoms with Crippen molar-refractivity contribution in [3.05, 3.63) is 35.9 Å². The van der Waals surface area contributed by atoms with Crippen LogP contribution in [0.5, 0.6) is 0 Å². The summed E-state index contributed by atoms with van der Waals surface area (Å²) in [4.78, 5) is 4.02. The second kappa shape index (κ2) is 8.52. The molecule has 3 nitrogen and oxygen atoms in total. The molecule has 0 aliphatic carbocycles. The fraction of sp³-hybridized carbons (Fsp3) is 0.684. The highest BCUT2D eigenvalue weighted by Gasteiger charge is 2.34. The van der Waals surface area contributed by atoms with E-state index in [4.69, 9.17) is 0 Å². The average Bonchev–Trinajstić information content (AvgIpc) is 3.01. The van der Waals surface area contributed by atoms with Crippen molar-refractivity contribution >= 4 is 0 Å². The Labute approximate surface area is 148 Å². The van der Waals surface area contributed by atoms with E-state index in [0.29, 0.717) is 25.0 Å². The van der Waals surface area contributed by atoms with Crippen LogP contribution in [0.2, 0.25) is 0 Å². The Morgan fingerprint density at radius 3 is 2.32 bits per heavy atom. The largest absolute Gasteiger partial charge is 0.401 e. The normalized spacial score (nSPS) is 24.0. The van der Waals surface area contributed by atoms with Gasteiger partial charge in [-0.05, 0) is 56.9 Å². The van der Waals surface area contributed by atoms with Crippen LogP contribution in [-0.4, -0.2) is 61.3 Å². The van der Waals surface area contributed by atoms with Crippen LogP contribution in [-0.2, 0) is 6.54 Å². The van der Waals surface area contributed by atoms with Gasteiger partial charge in [0, 0.05) is 19.1 Å². The number of hydrogen-bond donors (Lipinski definition) is 1. The molecule has 0 saturated carbocycles. The zero-order valence-corrected chi connectivity index (χ0v) is 14.6. The summed E-state index contributed by atoms with van der Waals surface area (Å²) in [6.07, 6.45) is -0.971. The minimum Gasteiger partial charge on any atom is -0.314 e. The van der Waals surface area contributed by atoms with E-state index < -0.39 is 12.7 Å². The molecule has 1 atom stereocenters. The molecule has 0 bridgehead atoms. The van der Waals surface area contributed by atoms with Crippen molar-refractivity contribution < 1.29 is 13.2 Å². The second-order valence-corrected chi connectivity index (χ2v) is 7.45. The molecule has 1 unspecified atom stereocenters. The number of nitrogens with one attached hydrogen (secondary N) is 1. The molecule has 1 aromatic carbocycles. The molecule has 1 N–H and O–H groups in total. The van der Waals surface area contributed by atoms with Crippen LogP contribution >= 0.6 is 0 Å². The van der Waals surface area contributed by atoms with Crippen molar-refractivity contribution in [1.29, 1.82) is 0 Å². The Balaban J connectivity index is 1.32. The van der Waals surface area contributed by atoms with Crippen molar-refractivity contribution in [2.45, 2.75) is 38.0 Å². The van der Waals surface area contributed by atoms with Crippen LogP contribution in [0.3, 0.4) is 0 Å². The monoisotopic (exact) mass is 355 g/mol. The molecule has 25 heavy (non-hydrogen) atoms. The van der Waals surface area contributed by atoms with Gasteiger partial charge in [-0.15, -0.1) is 0 Å². The fourth-order valence-electron chi connectivity index (χ4n) is 3.95. The van der Waals surface area contributed by atoms with Gasteiger partial charge < -0.3 is 5.32 Å². The van der Waals surface area contributed by atoms with Crippen LogP contribution < -0.4 is 5.32 Å². The van der Waals surface area contributed by atoms with E-state index in [1.807, 2.05) is 6.07 Å². The lowest BCUT2D eigenvalue weighted by Crippen LogP contribution is -2.43. The van der Waals surface area contributed by atoms with Crippen LogP contribution in [0, 0.1) is 5.92 Å². The van der Waals surface area contributed by atoms with E-state index in [0.717, 1.165) is 45.4 Å². The lowest BCUT2D eigenvalue weighted by Gasteiger charge is -2.33. The van der Waals surface area contributed by atoms with Crippen LogP contribution in [0.4, 0.5) is 13.2 Å². The minimum absolute atomic E-state index is 0.352. The predicted octanol–water partition coefficient (Wildman–Crippen LogP) is 3.12. The first kappa shape index (κ1) is 18.7. The standard InChI is InChI=1S/C19H28F3N3/c20-19(21,22)15-25-9-6-17(14-25)12-23-18-7-10-24(11-8-18)13-16-4-2-1-3-5-16/h1-5,17-18,23H,6-15H2. The highest BCUT2D eigenvalue weighted by Crippen LogP contribution is 2.23. The molecule has 0 radical (unpaired) electrons. The number of hydrogen-bond acceptors (Lipinski definition) is 3. The number of alkyl halides is 3. The zero-order valence-electron chi connectivity index (χ0n) is 14.6. The molecule has 6 heteroatoms. The molecule has 0 amide bonds. The summed E-state index contributed by atoms with van der Waals surface area (Å²) in [7, 11) is 0. The van der Waals surface area contributed by atoms with Gasteiger partial charge in [0.25, 0.3) is 0 Å². The Hall–Kier alpha value is -1.11. The van der Waals surface area contributed by atoms with Crippen LogP contribution in [0.1, 0.15) is 24.8 Å². The SMILES string of the molecule is FC(F)(F)CN1CCC(CNC2CCN(Cc3ccccc3)CC2)C1. The van der Waals surface area contributed by atoms with Gasteiger partial charge in [-0.2, -0.15) is 13.2 Å². The van der Waals surface area contributed by atoms with E-state index in [1.165, 1.54) is 10.5 Å². The Morgan fingerprint density at radius 1 is 0.960 bits per heavy atom. The summed E-state index contributed by atoms with van der Waals surface area (Å²) in [6, 6.07) is 11.0. The fourth-order valence-corrected chi connectivity index (χ4v) is 3.95. The molecule has 1 aromatic rings. The summed E-state index contributed by atoms with van der Waals surface area (Å²) in [5.74, 6) is 0.352. The first-order chi connectivity index (χ1) is 12.0. The predicted molar refractivity (Wildman–Crippen MR) is 93.3 cm³/mol. The topological polar surface area (TPSA) is 18.5 Å². The highest BCUT2D eigenvalue weighted by molar-refractivity contribution is 5.14. The van der Waals surface area contributed by atoms with E-state index in [1.54, 1.807) is 0 Å². The van der Waals surface area contributed by atoms with Crippen molar-refractivity contribution in [2.24, 2.45) is 5.92 Å². The summed E-state index contributed by atoms with van der Waals surface area (Å²) in [5.41, 5.74) is 1.35. The molecule has 2 heterocycles. The zero-order chi connectivity index (χ0) is 17.7. The molecule has 0 spiro atoms. The van der Waals surface area contributed by atoms with E-state index in [2.05, 4.69) is 34.5 Å². The molecule has 2 fully saturated rings. The third-order valence-corrected chi connectivity index (χ3v) is 5.30. The molecular formula is C19H28F3N3. The van der Waals surface area contributed by atoms with Gasteiger partial charge in [-0.3, -0.25) is 9.80 Å². The van der Waals surface area contributed by atoms with E-state index >= 15 is 0 Å². The third kappa shape index (κ3) is 6.28. The van der Waals surface area contributed by atoms with E-state index in [9.17, 15) is 13.2 Å². The highest BCUT2D eigenvalue weighted by atomic mass is 19.4. The number of nitrogens with zero attached hydrogens (tertiary/aromatic N) is 2. The molecule has 2 saturated heterocycles. The maximum atomic E-state index is 12.4. The van der Waals surface area contributed by atoms with Gasteiger partial charge in [0.1, 0.15) is 0 Å². The number of likely N-dealkylation sites (tertiary alicyclic amines) is 2. The molecule has 0 aromatic heterocycles. The smallest absolute Gasteiger partial charge is 0.314 e. The maximum Gasteiger partial charge on any atom is 0.401 e. The molecule has 140 valence electrons. The number of benzene rings is 1. The summed E-state index contributed by atoms with van der Waals surface area (Å²) in [5, 5.41) is 3.60. The van der Waals surface area contributed by atoms with Gasteiger partial charge in [-0.1, -0.05) is 30.3 Å². The van der Waals surface area contributed by atoms with Gasteiger partial charge >= 0.3 is 6.18 Å².